The summed E-state index contributed by atoms with van der Waals surface area (Å²) in [6.07, 6.45) is 3.04. The smallest absolute Gasteiger partial charge is 0.244 e. The highest BCUT2D eigenvalue weighted by atomic mass is 35.5. The SMILES string of the molecule is C[C@H](CO)NC(=O)C=Cc1ccccc1Cl. The molecule has 0 aliphatic rings. The molecule has 1 aromatic rings. The van der Waals surface area contributed by atoms with Crippen molar-refractivity contribution in [3.8, 4) is 0 Å². The van der Waals surface area contributed by atoms with Gasteiger partial charge in [0.1, 0.15) is 0 Å². The third kappa shape index (κ3) is 4.04. The second-order valence-electron chi connectivity index (χ2n) is 3.45. The largest absolute Gasteiger partial charge is 0.394 e. The molecule has 0 bridgehead atoms. The monoisotopic (exact) mass is 239 g/mol. The summed E-state index contributed by atoms with van der Waals surface area (Å²) >= 11 is 5.92. The second-order valence-corrected chi connectivity index (χ2v) is 3.85. The fourth-order valence-electron chi connectivity index (χ4n) is 1.11. The molecule has 0 aliphatic heterocycles. The van der Waals surface area contributed by atoms with Crippen LogP contribution in [0.2, 0.25) is 5.02 Å². The number of amides is 1. The Morgan fingerprint density at radius 2 is 2.25 bits per heavy atom. The Kier molecular flexibility index (Phi) is 5.02. The molecule has 0 aliphatic carbocycles. The van der Waals surface area contributed by atoms with Crippen LogP contribution < -0.4 is 5.32 Å². The van der Waals surface area contributed by atoms with Gasteiger partial charge in [-0.1, -0.05) is 29.8 Å². The molecule has 1 rings (SSSR count). The van der Waals surface area contributed by atoms with Gasteiger partial charge in [0.15, 0.2) is 0 Å². The second kappa shape index (κ2) is 6.30. The molecule has 0 saturated heterocycles. The van der Waals surface area contributed by atoms with E-state index in [1.165, 1.54) is 6.08 Å². The van der Waals surface area contributed by atoms with Crippen molar-refractivity contribution in [2.75, 3.05) is 6.61 Å². The van der Waals surface area contributed by atoms with Crippen molar-refractivity contribution >= 4 is 23.6 Å². The molecular weight excluding hydrogens is 226 g/mol. The molecule has 4 heteroatoms. The third-order valence-corrected chi connectivity index (χ3v) is 2.33. The van der Waals surface area contributed by atoms with Gasteiger partial charge in [-0.3, -0.25) is 4.79 Å². The molecule has 1 aromatic carbocycles. The fourth-order valence-corrected chi connectivity index (χ4v) is 1.31. The van der Waals surface area contributed by atoms with E-state index in [4.69, 9.17) is 16.7 Å². The number of hydrogen-bond donors (Lipinski definition) is 2. The van der Waals surface area contributed by atoms with Crippen LogP contribution in [0.15, 0.2) is 30.3 Å². The zero-order valence-corrected chi connectivity index (χ0v) is 9.74. The van der Waals surface area contributed by atoms with E-state index in [1.54, 1.807) is 19.1 Å². The van der Waals surface area contributed by atoms with E-state index in [-0.39, 0.29) is 18.6 Å². The van der Waals surface area contributed by atoms with Gasteiger partial charge in [-0.05, 0) is 24.6 Å². The van der Waals surface area contributed by atoms with Crippen LogP contribution >= 0.6 is 11.6 Å². The highest BCUT2D eigenvalue weighted by molar-refractivity contribution is 6.32. The molecule has 0 saturated carbocycles. The van der Waals surface area contributed by atoms with Gasteiger partial charge in [-0.2, -0.15) is 0 Å². The summed E-state index contributed by atoms with van der Waals surface area (Å²) in [6.45, 7) is 1.65. The number of rotatable bonds is 4. The van der Waals surface area contributed by atoms with Crippen LogP contribution in [0.3, 0.4) is 0 Å². The molecule has 2 N–H and O–H groups in total. The average Bonchev–Trinajstić information content (AvgIpc) is 2.28. The van der Waals surface area contributed by atoms with Crippen molar-refractivity contribution in [3.63, 3.8) is 0 Å². The number of carbonyl (C=O) groups excluding carboxylic acids is 1. The third-order valence-electron chi connectivity index (χ3n) is 1.98. The van der Waals surface area contributed by atoms with Gasteiger partial charge in [0, 0.05) is 17.1 Å². The summed E-state index contributed by atoms with van der Waals surface area (Å²) < 4.78 is 0. The van der Waals surface area contributed by atoms with Crippen LogP contribution in [0.5, 0.6) is 0 Å². The zero-order valence-electron chi connectivity index (χ0n) is 8.98. The maximum Gasteiger partial charge on any atom is 0.244 e. The van der Waals surface area contributed by atoms with Crippen molar-refractivity contribution in [1.82, 2.24) is 5.32 Å². The highest BCUT2D eigenvalue weighted by Gasteiger charge is 2.02. The number of aliphatic hydroxyl groups is 1. The first-order valence-electron chi connectivity index (χ1n) is 4.97. The lowest BCUT2D eigenvalue weighted by Crippen LogP contribution is -2.33. The molecule has 0 spiro atoms. The van der Waals surface area contributed by atoms with Crippen LogP contribution in [0.25, 0.3) is 6.08 Å². The molecular formula is C12H14ClNO2. The van der Waals surface area contributed by atoms with Crippen LogP contribution in [-0.2, 0) is 4.79 Å². The Hall–Kier alpha value is -1.32. The first kappa shape index (κ1) is 12.7. The van der Waals surface area contributed by atoms with Gasteiger partial charge in [-0.25, -0.2) is 0 Å². The van der Waals surface area contributed by atoms with E-state index in [0.717, 1.165) is 5.56 Å². The summed E-state index contributed by atoms with van der Waals surface area (Å²) in [5.41, 5.74) is 0.788. The molecule has 0 radical (unpaired) electrons. The maximum atomic E-state index is 11.3. The number of hydrogen-bond acceptors (Lipinski definition) is 2. The van der Waals surface area contributed by atoms with Gasteiger partial charge >= 0.3 is 0 Å². The lowest BCUT2D eigenvalue weighted by Gasteiger charge is -2.07. The number of halogens is 1. The maximum absolute atomic E-state index is 11.3. The minimum Gasteiger partial charge on any atom is -0.394 e. The van der Waals surface area contributed by atoms with Gasteiger partial charge in [0.25, 0.3) is 0 Å². The van der Waals surface area contributed by atoms with Gasteiger partial charge in [0.05, 0.1) is 6.61 Å². The first-order chi connectivity index (χ1) is 7.63. The Balaban J connectivity index is 2.60. The van der Waals surface area contributed by atoms with Gasteiger partial charge in [-0.15, -0.1) is 0 Å². The summed E-state index contributed by atoms with van der Waals surface area (Å²) in [5.74, 6) is -0.249. The zero-order chi connectivity index (χ0) is 12.0. The predicted molar refractivity (Wildman–Crippen MR) is 65.2 cm³/mol. The topological polar surface area (TPSA) is 49.3 Å². The lowest BCUT2D eigenvalue weighted by molar-refractivity contribution is -0.117. The molecule has 16 heavy (non-hydrogen) atoms. The lowest BCUT2D eigenvalue weighted by atomic mass is 10.2. The van der Waals surface area contributed by atoms with Crippen LogP contribution in [0.4, 0.5) is 0 Å². The van der Waals surface area contributed by atoms with E-state index in [0.29, 0.717) is 5.02 Å². The van der Waals surface area contributed by atoms with Crippen molar-refractivity contribution in [3.05, 3.63) is 40.9 Å². The Morgan fingerprint density at radius 3 is 2.88 bits per heavy atom. The molecule has 0 fully saturated rings. The van der Waals surface area contributed by atoms with Crippen LogP contribution in [0, 0.1) is 0 Å². The molecule has 0 heterocycles. The molecule has 0 unspecified atom stereocenters. The quantitative estimate of drug-likeness (QED) is 0.788. The van der Waals surface area contributed by atoms with Crippen LogP contribution in [-0.4, -0.2) is 23.7 Å². The van der Waals surface area contributed by atoms with Crippen molar-refractivity contribution in [2.45, 2.75) is 13.0 Å². The summed E-state index contributed by atoms with van der Waals surface area (Å²) in [7, 11) is 0. The van der Waals surface area contributed by atoms with E-state index in [9.17, 15) is 4.79 Å². The van der Waals surface area contributed by atoms with Crippen LogP contribution in [0.1, 0.15) is 12.5 Å². The minimum atomic E-state index is -0.249. The first-order valence-corrected chi connectivity index (χ1v) is 5.35. The van der Waals surface area contributed by atoms with Gasteiger partial charge < -0.3 is 10.4 Å². The predicted octanol–water partition coefficient (Wildman–Crippen LogP) is 1.85. The van der Waals surface area contributed by atoms with Crippen molar-refractivity contribution < 1.29 is 9.90 Å². The molecule has 86 valence electrons. The summed E-state index contributed by atoms with van der Waals surface area (Å²) in [4.78, 5) is 11.3. The summed E-state index contributed by atoms with van der Waals surface area (Å²) in [6, 6.07) is 7.01. The van der Waals surface area contributed by atoms with Crippen molar-refractivity contribution in [2.24, 2.45) is 0 Å². The van der Waals surface area contributed by atoms with E-state index >= 15 is 0 Å². The number of aliphatic hydroxyl groups excluding tert-OH is 1. The summed E-state index contributed by atoms with van der Waals surface area (Å²) in [5, 5.41) is 12.0. The Morgan fingerprint density at radius 1 is 1.56 bits per heavy atom. The van der Waals surface area contributed by atoms with Crippen molar-refractivity contribution in [1.29, 1.82) is 0 Å². The molecule has 1 atom stereocenters. The molecule has 1 amide bonds. The number of carbonyl (C=O) groups is 1. The average molecular weight is 240 g/mol. The number of nitrogens with one attached hydrogen (secondary N) is 1. The van der Waals surface area contributed by atoms with E-state index in [2.05, 4.69) is 5.32 Å². The number of benzene rings is 1. The minimum absolute atomic E-state index is 0.0777. The standard InChI is InChI=1S/C12H14ClNO2/c1-9(8-15)14-12(16)7-6-10-4-2-3-5-11(10)13/h2-7,9,15H,8H2,1H3,(H,14,16)/t9-/m1/s1. The highest BCUT2D eigenvalue weighted by Crippen LogP contribution is 2.15. The fraction of sp³-hybridized carbons (Fsp3) is 0.250. The van der Waals surface area contributed by atoms with E-state index < -0.39 is 0 Å². The van der Waals surface area contributed by atoms with Gasteiger partial charge in [0.2, 0.25) is 5.91 Å². The normalized spacial score (nSPS) is 12.7. The Bertz CT molecular complexity index is 390. The van der Waals surface area contributed by atoms with E-state index in [1.807, 2.05) is 18.2 Å². The molecule has 3 nitrogen and oxygen atoms in total. The molecule has 0 aromatic heterocycles. The Labute approximate surface area is 99.7 Å².